The summed E-state index contributed by atoms with van der Waals surface area (Å²) in [6, 6.07) is 11.8. The number of nitrogens with zero attached hydrogens (tertiary/aromatic N) is 5. The van der Waals surface area contributed by atoms with E-state index in [9.17, 15) is 0 Å². The predicted octanol–water partition coefficient (Wildman–Crippen LogP) is 5.21. The minimum atomic E-state index is 0.275. The van der Waals surface area contributed by atoms with Crippen molar-refractivity contribution in [2.75, 3.05) is 0 Å². The zero-order chi connectivity index (χ0) is 20.4. The standard InChI is InChI=1S/C21H21N5O2S/c1-12(2)20-22-13(3)10-17(23-20)29-11-16-24-25-21(27-16)18-14(4)28-26-19(18)15-8-6-5-7-9-15/h5-10,12H,11H2,1-4H3. The van der Waals surface area contributed by atoms with Crippen molar-refractivity contribution in [3.8, 4) is 22.7 Å². The van der Waals surface area contributed by atoms with Gasteiger partial charge in [-0.15, -0.1) is 10.2 Å². The topological polar surface area (TPSA) is 90.7 Å². The summed E-state index contributed by atoms with van der Waals surface area (Å²) in [4.78, 5) is 9.09. The summed E-state index contributed by atoms with van der Waals surface area (Å²) >= 11 is 1.55. The maximum absolute atomic E-state index is 5.91. The predicted molar refractivity (Wildman–Crippen MR) is 110 cm³/mol. The number of thioether (sulfide) groups is 1. The Morgan fingerprint density at radius 1 is 1.03 bits per heavy atom. The van der Waals surface area contributed by atoms with Crippen molar-refractivity contribution in [1.29, 1.82) is 0 Å². The molecule has 4 rings (SSSR count). The van der Waals surface area contributed by atoms with Crippen LogP contribution < -0.4 is 0 Å². The number of hydrogen-bond acceptors (Lipinski definition) is 8. The van der Waals surface area contributed by atoms with Crippen LogP contribution in [-0.2, 0) is 5.75 Å². The highest BCUT2D eigenvalue weighted by molar-refractivity contribution is 7.98. The number of aromatic nitrogens is 5. The first kappa shape index (κ1) is 19.3. The van der Waals surface area contributed by atoms with Crippen molar-refractivity contribution in [3.05, 3.63) is 59.6 Å². The normalized spacial score (nSPS) is 11.3. The van der Waals surface area contributed by atoms with Gasteiger partial charge >= 0.3 is 0 Å². The Kier molecular flexibility index (Phi) is 5.44. The Labute approximate surface area is 173 Å². The first-order valence-corrected chi connectivity index (χ1v) is 10.3. The molecule has 0 spiro atoms. The van der Waals surface area contributed by atoms with Crippen LogP contribution in [-0.4, -0.2) is 25.3 Å². The summed E-state index contributed by atoms with van der Waals surface area (Å²) in [5.74, 6) is 3.20. The number of aryl methyl sites for hydroxylation is 2. The van der Waals surface area contributed by atoms with E-state index >= 15 is 0 Å². The third-order valence-corrected chi connectivity index (χ3v) is 5.19. The van der Waals surface area contributed by atoms with Crippen molar-refractivity contribution in [2.45, 2.75) is 44.4 Å². The van der Waals surface area contributed by atoms with Gasteiger partial charge in [-0.05, 0) is 19.9 Å². The fourth-order valence-corrected chi connectivity index (χ4v) is 3.66. The molecule has 0 bridgehead atoms. The molecule has 0 saturated heterocycles. The van der Waals surface area contributed by atoms with Crippen LogP contribution in [0.4, 0.5) is 0 Å². The zero-order valence-electron chi connectivity index (χ0n) is 16.7. The first-order chi connectivity index (χ1) is 14.0. The van der Waals surface area contributed by atoms with E-state index in [2.05, 4.69) is 39.2 Å². The van der Waals surface area contributed by atoms with E-state index < -0.39 is 0 Å². The van der Waals surface area contributed by atoms with E-state index in [0.717, 1.165) is 27.7 Å². The minimum Gasteiger partial charge on any atom is -0.420 e. The lowest BCUT2D eigenvalue weighted by atomic mass is 10.1. The van der Waals surface area contributed by atoms with Gasteiger partial charge in [-0.3, -0.25) is 0 Å². The molecule has 8 heteroatoms. The third-order valence-electron chi connectivity index (χ3n) is 4.30. The fourth-order valence-electron chi connectivity index (χ4n) is 2.86. The highest BCUT2D eigenvalue weighted by Gasteiger charge is 2.22. The summed E-state index contributed by atoms with van der Waals surface area (Å²) in [6.45, 7) is 7.98. The van der Waals surface area contributed by atoms with E-state index in [0.29, 0.717) is 29.0 Å². The third kappa shape index (κ3) is 4.22. The molecular formula is C21H21N5O2S. The second-order valence-electron chi connectivity index (χ2n) is 6.98. The largest absolute Gasteiger partial charge is 0.420 e. The Balaban J connectivity index is 1.55. The van der Waals surface area contributed by atoms with E-state index in [-0.39, 0.29) is 5.92 Å². The van der Waals surface area contributed by atoms with E-state index in [1.165, 1.54) is 0 Å². The van der Waals surface area contributed by atoms with Gasteiger partial charge in [-0.25, -0.2) is 9.97 Å². The van der Waals surface area contributed by atoms with Crippen LogP contribution in [0.1, 0.15) is 42.9 Å². The molecule has 0 atom stereocenters. The Morgan fingerprint density at radius 3 is 2.59 bits per heavy atom. The van der Waals surface area contributed by atoms with Crippen LogP contribution in [0.5, 0.6) is 0 Å². The average Bonchev–Trinajstić information content (AvgIpc) is 3.33. The molecule has 0 fully saturated rings. The quantitative estimate of drug-likeness (QED) is 0.318. The van der Waals surface area contributed by atoms with Crippen LogP contribution in [0.2, 0.25) is 0 Å². The van der Waals surface area contributed by atoms with E-state index in [1.54, 1.807) is 11.8 Å². The molecule has 7 nitrogen and oxygen atoms in total. The molecule has 1 aromatic carbocycles. The van der Waals surface area contributed by atoms with Crippen LogP contribution in [0, 0.1) is 13.8 Å². The smallest absolute Gasteiger partial charge is 0.253 e. The van der Waals surface area contributed by atoms with E-state index in [1.807, 2.05) is 50.2 Å². The number of hydrogen-bond donors (Lipinski definition) is 0. The van der Waals surface area contributed by atoms with Crippen molar-refractivity contribution in [2.24, 2.45) is 0 Å². The lowest BCUT2D eigenvalue weighted by Crippen LogP contribution is -2.00. The molecule has 148 valence electrons. The molecule has 0 radical (unpaired) electrons. The monoisotopic (exact) mass is 407 g/mol. The van der Waals surface area contributed by atoms with Crippen LogP contribution in [0.15, 0.2) is 50.4 Å². The van der Waals surface area contributed by atoms with Crippen molar-refractivity contribution < 1.29 is 8.94 Å². The maximum Gasteiger partial charge on any atom is 0.253 e. The first-order valence-electron chi connectivity index (χ1n) is 9.34. The van der Waals surface area contributed by atoms with E-state index in [4.69, 9.17) is 8.94 Å². The van der Waals surface area contributed by atoms with Crippen molar-refractivity contribution in [1.82, 2.24) is 25.3 Å². The molecule has 3 aromatic heterocycles. The average molecular weight is 407 g/mol. The molecule has 0 aliphatic carbocycles. The number of benzene rings is 1. The Morgan fingerprint density at radius 2 is 1.83 bits per heavy atom. The zero-order valence-corrected chi connectivity index (χ0v) is 17.5. The summed E-state index contributed by atoms with van der Waals surface area (Å²) in [6.07, 6.45) is 0. The van der Waals surface area contributed by atoms with Gasteiger partial charge in [0.25, 0.3) is 5.89 Å². The SMILES string of the molecule is Cc1cc(SCc2nnc(-c3c(-c4ccccc4)noc3C)o2)nc(C(C)C)n1. The molecule has 4 aromatic rings. The lowest BCUT2D eigenvalue weighted by Gasteiger charge is -2.07. The summed E-state index contributed by atoms with van der Waals surface area (Å²) in [7, 11) is 0. The molecule has 3 heterocycles. The number of rotatable bonds is 6. The molecule has 0 N–H and O–H groups in total. The van der Waals surface area contributed by atoms with Crippen molar-refractivity contribution in [3.63, 3.8) is 0 Å². The summed E-state index contributed by atoms with van der Waals surface area (Å²) in [5, 5.41) is 13.5. The Hall–Kier alpha value is -3.00. The highest BCUT2D eigenvalue weighted by Crippen LogP contribution is 2.34. The van der Waals surface area contributed by atoms with Gasteiger partial charge in [0.1, 0.15) is 27.9 Å². The highest BCUT2D eigenvalue weighted by atomic mass is 32.2. The van der Waals surface area contributed by atoms with Gasteiger partial charge < -0.3 is 8.94 Å². The van der Waals surface area contributed by atoms with Crippen LogP contribution in [0.3, 0.4) is 0 Å². The Bertz CT molecular complexity index is 1120. The van der Waals surface area contributed by atoms with Crippen LogP contribution in [0.25, 0.3) is 22.7 Å². The second kappa shape index (κ2) is 8.16. The van der Waals surface area contributed by atoms with Gasteiger partial charge in [0.05, 0.1) is 5.75 Å². The molecule has 0 aliphatic rings. The van der Waals surface area contributed by atoms with Gasteiger partial charge in [0.15, 0.2) is 0 Å². The van der Waals surface area contributed by atoms with Gasteiger partial charge in [-0.2, -0.15) is 0 Å². The molecule has 0 unspecified atom stereocenters. The molecule has 0 aliphatic heterocycles. The molecule has 0 saturated carbocycles. The second-order valence-corrected chi connectivity index (χ2v) is 7.97. The van der Waals surface area contributed by atoms with Gasteiger partial charge in [-0.1, -0.05) is 61.1 Å². The van der Waals surface area contributed by atoms with Gasteiger partial charge in [0, 0.05) is 17.2 Å². The van der Waals surface area contributed by atoms with Gasteiger partial charge in [0.2, 0.25) is 5.89 Å². The molecule has 0 amide bonds. The molecular weight excluding hydrogens is 386 g/mol. The lowest BCUT2D eigenvalue weighted by molar-refractivity contribution is 0.399. The molecule has 29 heavy (non-hydrogen) atoms. The maximum atomic E-state index is 5.91. The van der Waals surface area contributed by atoms with Crippen LogP contribution >= 0.6 is 11.8 Å². The van der Waals surface area contributed by atoms with Crippen molar-refractivity contribution >= 4 is 11.8 Å². The fraction of sp³-hybridized carbons (Fsp3) is 0.286. The summed E-state index contributed by atoms with van der Waals surface area (Å²) in [5.41, 5.74) is 3.30. The minimum absolute atomic E-state index is 0.275. The summed E-state index contributed by atoms with van der Waals surface area (Å²) < 4.78 is 11.3.